The molecular formula is C33H35F2NO3. The van der Waals surface area contributed by atoms with Crippen molar-refractivity contribution in [2.75, 3.05) is 7.11 Å². The third kappa shape index (κ3) is 6.63. The molecule has 0 aromatic heterocycles. The van der Waals surface area contributed by atoms with E-state index in [9.17, 15) is 18.7 Å². The third-order valence-corrected chi connectivity index (χ3v) is 7.36. The second kappa shape index (κ2) is 12.0. The van der Waals surface area contributed by atoms with E-state index < -0.39 is 17.7 Å². The number of methoxy groups -OCH3 is 1. The first-order valence-corrected chi connectivity index (χ1v) is 13.2. The number of carboxylic acid groups (broad SMARTS) is 1. The molecule has 0 saturated carbocycles. The second-order valence-electron chi connectivity index (χ2n) is 10.6. The highest BCUT2D eigenvalue weighted by Crippen LogP contribution is 2.35. The Morgan fingerprint density at radius 3 is 2.21 bits per heavy atom. The highest BCUT2D eigenvalue weighted by Gasteiger charge is 2.23. The fourth-order valence-corrected chi connectivity index (χ4v) is 5.13. The molecule has 0 fully saturated rings. The van der Waals surface area contributed by atoms with Gasteiger partial charge in [-0.2, -0.15) is 0 Å². The predicted octanol–water partition coefficient (Wildman–Crippen LogP) is 8.10. The van der Waals surface area contributed by atoms with E-state index >= 15 is 0 Å². The summed E-state index contributed by atoms with van der Waals surface area (Å²) in [5.74, 6) is -1.86. The number of aliphatic carboxylic acids is 1. The molecule has 3 atom stereocenters. The number of hydrogen-bond acceptors (Lipinski definition) is 3. The maximum atomic E-state index is 14.9. The van der Waals surface area contributed by atoms with Gasteiger partial charge in [-0.25, -0.2) is 8.78 Å². The first kappa shape index (κ1) is 28.2. The largest absolute Gasteiger partial charge is 0.497 e. The van der Waals surface area contributed by atoms with E-state index in [2.05, 4.69) is 17.4 Å². The third-order valence-electron chi connectivity index (χ3n) is 7.36. The Morgan fingerprint density at radius 2 is 1.54 bits per heavy atom. The van der Waals surface area contributed by atoms with E-state index in [1.807, 2.05) is 64.1 Å². The molecule has 0 spiro atoms. The number of carboxylic acids is 1. The Morgan fingerprint density at radius 1 is 0.872 bits per heavy atom. The summed E-state index contributed by atoms with van der Waals surface area (Å²) in [6.07, 6.45) is 0.252. The molecule has 0 bridgehead atoms. The molecule has 0 amide bonds. The predicted molar refractivity (Wildman–Crippen MR) is 152 cm³/mol. The number of carbonyl (C=O) groups is 1. The van der Waals surface area contributed by atoms with Crippen LogP contribution in [0, 0.1) is 23.5 Å². The zero-order valence-electron chi connectivity index (χ0n) is 23.0. The van der Waals surface area contributed by atoms with E-state index in [4.69, 9.17) is 4.74 Å². The van der Waals surface area contributed by atoms with Crippen molar-refractivity contribution in [1.82, 2.24) is 5.32 Å². The summed E-state index contributed by atoms with van der Waals surface area (Å²) in [5, 5.41) is 15.2. The van der Waals surface area contributed by atoms with E-state index in [1.165, 1.54) is 31.4 Å². The Bertz CT molecular complexity index is 1480. The smallest absolute Gasteiger partial charge is 0.307 e. The quantitative estimate of drug-likeness (QED) is 0.217. The lowest BCUT2D eigenvalue weighted by Gasteiger charge is -2.23. The van der Waals surface area contributed by atoms with E-state index in [0.717, 1.165) is 27.5 Å². The fourth-order valence-electron chi connectivity index (χ4n) is 5.13. The maximum Gasteiger partial charge on any atom is 0.307 e. The number of ether oxygens (including phenoxy) is 1. The van der Waals surface area contributed by atoms with Crippen LogP contribution in [0.1, 0.15) is 56.5 Å². The Labute approximate surface area is 228 Å². The van der Waals surface area contributed by atoms with Crippen LogP contribution in [0.3, 0.4) is 0 Å². The molecule has 0 aliphatic carbocycles. The highest BCUT2D eigenvalue weighted by atomic mass is 19.1. The van der Waals surface area contributed by atoms with Gasteiger partial charge in [0.1, 0.15) is 17.4 Å². The molecule has 204 valence electrons. The summed E-state index contributed by atoms with van der Waals surface area (Å²) in [6.45, 7) is 7.74. The number of rotatable bonds is 10. The van der Waals surface area contributed by atoms with Gasteiger partial charge in [-0.1, -0.05) is 44.2 Å². The topological polar surface area (TPSA) is 58.6 Å². The summed E-state index contributed by atoms with van der Waals surface area (Å²) in [4.78, 5) is 11.8. The van der Waals surface area contributed by atoms with Crippen molar-refractivity contribution in [3.05, 3.63) is 101 Å². The maximum absolute atomic E-state index is 14.9. The van der Waals surface area contributed by atoms with Crippen LogP contribution >= 0.6 is 0 Å². The molecule has 0 heterocycles. The van der Waals surface area contributed by atoms with Gasteiger partial charge in [-0.15, -0.1) is 0 Å². The first-order valence-electron chi connectivity index (χ1n) is 13.2. The van der Waals surface area contributed by atoms with Crippen LogP contribution in [0.15, 0.2) is 72.8 Å². The number of hydrogen-bond donors (Lipinski definition) is 2. The lowest BCUT2D eigenvalue weighted by molar-refractivity contribution is -0.143. The van der Waals surface area contributed by atoms with Gasteiger partial charge < -0.3 is 15.2 Å². The van der Waals surface area contributed by atoms with Gasteiger partial charge in [-0.05, 0) is 101 Å². The SMILES string of the molecule is COc1cc(F)cc([C@@H](C)NC(C)c2cc(-c3cc(F)cc(CC(C(=O)O)C(C)C)c3)c3ccccc3c2)c1. The molecule has 4 nitrogen and oxygen atoms in total. The molecule has 2 unspecified atom stereocenters. The monoisotopic (exact) mass is 531 g/mol. The average molecular weight is 532 g/mol. The van der Waals surface area contributed by atoms with Gasteiger partial charge in [0, 0.05) is 18.2 Å². The summed E-state index contributed by atoms with van der Waals surface area (Å²) < 4.78 is 34.2. The summed E-state index contributed by atoms with van der Waals surface area (Å²) in [7, 11) is 1.51. The minimum Gasteiger partial charge on any atom is -0.497 e. The zero-order valence-corrected chi connectivity index (χ0v) is 23.0. The average Bonchev–Trinajstić information content (AvgIpc) is 2.89. The lowest BCUT2D eigenvalue weighted by atomic mass is 9.87. The molecule has 0 saturated heterocycles. The molecule has 4 aromatic carbocycles. The van der Waals surface area contributed by atoms with Gasteiger partial charge in [0.2, 0.25) is 0 Å². The van der Waals surface area contributed by atoms with Crippen LogP contribution in [0.5, 0.6) is 5.75 Å². The second-order valence-corrected chi connectivity index (χ2v) is 10.6. The fraction of sp³-hybridized carbons (Fsp3) is 0.303. The van der Waals surface area contributed by atoms with Crippen LogP contribution in [0.25, 0.3) is 21.9 Å². The molecule has 6 heteroatoms. The standard InChI is InChI=1S/C33H35F2NO3/c1-19(2)31(33(37)38)12-22-10-26(15-27(34)11-22)32-17-24(13-23-8-6-7-9-30(23)32)20(3)36-21(4)25-14-28(35)18-29(16-25)39-5/h6-11,13-21,31,36H,12H2,1-5H3,(H,37,38)/t20?,21-,31?/m1/s1. The number of benzene rings is 4. The Kier molecular flexibility index (Phi) is 8.66. The van der Waals surface area contributed by atoms with Crippen molar-refractivity contribution in [2.45, 2.75) is 46.2 Å². The molecule has 2 N–H and O–H groups in total. The molecule has 0 aliphatic heterocycles. The molecular weight excluding hydrogens is 496 g/mol. The molecule has 4 rings (SSSR count). The van der Waals surface area contributed by atoms with Gasteiger partial charge in [-0.3, -0.25) is 4.79 Å². The number of nitrogens with one attached hydrogen (secondary N) is 1. The lowest BCUT2D eigenvalue weighted by Crippen LogP contribution is -2.22. The van der Waals surface area contributed by atoms with Crippen LogP contribution in [-0.4, -0.2) is 18.2 Å². The van der Waals surface area contributed by atoms with Gasteiger partial charge >= 0.3 is 5.97 Å². The summed E-state index contributed by atoms with van der Waals surface area (Å²) in [5.41, 5.74) is 3.99. The van der Waals surface area contributed by atoms with Crippen LogP contribution in [0.2, 0.25) is 0 Å². The first-order chi connectivity index (χ1) is 18.5. The van der Waals surface area contributed by atoms with E-state index in [0.29, 0.717) is 16.9 Å². The highest BCUT2D eigenvalue weighted by molar-refractivity contribution is 5.97. The van der Waals surface area contributed by atoms with Gasteiger partial charge in [0.05, 0.1) is 13.0 Å². The molecule has 0 aliphatic rings. The van der Waals surface area contributed by atoms with Crippen LogP contribution in [-0.2, 0) is 11.2 Å². The van der Waals surface area contributed by atoms with Crippen LogP contribution in [0.4, 0.5) is 8.78 Å². The van der Waals surface area contributed by atoms with Crippen molar-refractivity contribution < 1.29 is 23.4 Å². The van der Waals surface area contributed by atoms with Crippen molar-refractivity contribution in [2.24, 2.45) is 11.8 Å². The van der Waals surface area contributed by atoms with Crippen molar-refractivity contribution in [3.8, 4) is 16.9 Å². The minimum absolute atomic E-state index is 0.0784. The van der Waals surface area contributed by atoms with Crippen molar-refractivity contribution >= 4 is 16.7 Å². The number of halogens is 2. The Hall–Kier alpha value is -3.77. The van der Waals surface area contributed by atoms with Crippen LogP contribution < -0.4 is 10.1 Å². The Balaban J connectivity index is 1.72. The van der Waals surface area contributed by atoms with Gasteiger partial charge in [0.25, 0.3) is 0 Å². The molecule has 4 aromatic rings. The van der Waals surface area contributed by atoms with E-state index in [1.54, 1.807) is 0 Å². The van der Waals surface area contributed by atoms with Crippen molar-refractivity contribution in [1.29, 1.82) is 0 Å². The van der Waals surface area contributed by atoms with E-state index in [-0.39, 0.29) is 30.2 Å². The summed E-state index contributed by atoms with van der Waals surface area (Å²) in [6, 6.07) is 21.3. The van der Waals surface area contributed by atoms with Crippen molar-refractivity contribution in [3.63, 3.8) is 0 Å². The normalized spacial score (nSPS) is 13.8. The number of fused-ring (bicyclic) bond motifs is 1. The van der Waals surface area contributed by atoms with Gasteiger partial charge in [0.15, 0.2) is 0 Å². The molecule has 39 heavy (non-hydrogen) atoms. The molecule has 0 radical (unpaired) electrons. The summed E-state index contributed by atoms with van der Waals surface area (Å²) >= 11 is 0. The minimum atomic E-state index is -0.881. The zero-order chi connectivity index (χ0) is 28.3.